The van der Waals surface area contributed by atoms with Crippen LogP contribution in [0.15, 0.2) is 35.4 Å². The number of alkyl halides is 1. The summed E-state index contributed by atoms with van der Waals surface area (Å²) in [6.45, 7) is 2.03. The Kier molecular flexibility index (Phi) is 7.57. The number of amides is 1. The van der Waals surface area contributed by atoms with Gasteiger partial charge in [-0.15, -0.1) is 11.8 Å². The molecular formula is C25H26ClF2N5O2S. The lowest BCUT2D eigenvalue weighted by atomic mass is 10.0. The van der Waals surface area contributed by atoms with Gasteiger partial charge >= 0.3 is 0 Å². The molecule has 4 heterocycles. The molecule has 1 amide bonds. The fourth-order valence-corrected chi connectivity index (χ4v) is 5.65. The smallest absolute Gasteiger partial charge is 0.235 e. The summed E-state index contributed by atoms with van der Waals surface area (Å²) >= 11 is 7.88. The van der Waals surface area contributed by atoms with Crippen molar-refractivity contribution >= 4 is 46.0 Å². The molecule has 1 fully saturated rings. The average Bonchev–Trinajstić information content (AvgIpc) is 2.87. The van der Waals surface area contributed by atoms with Crippen molar-refractivity contribution in [1.82, 2.24) is 20.2 Å². The number of piperidine rings is 1. The molecule has 190 valence electrons. The van der Waals surface area contributed by atoms with Gasteiger partial charge in [0.05, 0.1) is 28.5 Å². The lowest BCUT2D eigenvalue weighted by Gasteiger charge is -2.35. The van der Waals surface area contributed by atoms with Crippen LogP contribution in [-0.2, 0) is 17.8 Å². The minimum Gasteiger partial charge on any atom is -0.497 e. The number of pyridine rings is 2. The molecule has 2 aromatic heterocycles. The van der Waals surface area contributed by atoms with E-state index in [1.807, 2.05) is 12.1 Å². The number of carbonyl (C=O) groups excluding carboxylic acids is 1. The third kappa shape index (κ3) is 5.41. The first-order chi connectivity index (χ1) is 17.4. The van der Waals surface area contributed by atoms with Crippen molar-refractivity contribution in [3.05, 3.63) is 52.6 Å². The Morgan fingerprint density at radius 1 is 1.36 bits per heavy atom. The number of nitrogens with one attached hydrogen (secondary N) is 2. The molecule has 3 aromatic rings. The van der Waals surface area contributed by atoms with E-state index >= 15 is 4.39 Å². The lowest BCUT2D eigenvalue weighted by molar-refractivity contribution is -0.113. The first-order valence-electron chi connectivity index (χ1n) is 11.7. The summed E-state index contributed by atoms with van der Waals surface area (Å²) in [5, 5.41) is 7.13. The molecule has 36 heavy (non-hydrogen) atoms. The van der Waals surface area contributed by atoms with Crippen LogP contribution >= 0.6 is 23.4 Å². The number of carbonyl (C=O) groups is 1. The van der Waals surface area contributed by atoms with Crippen molar-refractivity contribution in [2.75, 3.05) is 37.8 Å². The zero-order valence-corrected chi connectivity index (χ0v) is 21.3. The number of anilines is 1. The highest BCUT2D eigenvalue weighted by molar-refractivity contribution is 8.00. The highest BCUT2D eigenvalue weighted by Crippen LogP contribution is 2.31. The number of benzene rings is 1. The number of ether oxygens (including phenoxy) is 1. The largest absolute Gasteiger partial charge is 0.497 e. The summed E-state index contributed by atoms with van der Waals surface area (Å²) in [5.74, 6) is 0.833. The number of nitrogens with zero attached hydrogens (tertiary/aromatic N) is 3. The van der Waals surface area contributed by atoms with Crippen LogP contribution in [0.2, 0.25) is 5.02 Å². The van der Waals surface area contributed by atoms with Gasteiger partial charge in [-0.05, 0) is 43.1 Å². The topological polar surface area (TPSA) is 79.4 Å². The van der Waals surface area contributed by atoms with Crippen LogP contribution < -0.4 is 15.4 Å². The van der Waals surface area contributed by atoms with Crippen molar-refractivity contribution in [2.24, 2.45) is 0 Å². The summed E-state index contributed by atoms with van der Waals surface area (Å²) in [7, 11) is 1.48. The molecule has 11 heteroatoms. The monoisotopic (exact) mass is 533 g/mol. The molecule has 0 saturated carbocycles. The molecule has 2 atom stereocenters. The molecule has 0 aliphatic carbocycles. The average molecular weight is 534 g/mol. The van der Waals surface area contributed by atoms with Crippen LogP contribution in [0.1, 0.15) is 17.7 Å². The first-order valence-corrected chi connectivity index (χ1v) is 13.1. The maximum atomic E-state index is 15.0. The second-order valence-corrected chi connectivity index (χ2v) is 10.3. The number of methoxy groups -OCH3 is 1. The van der Waals surface area contributed by atoms with E-state index in [2.05, 4.69) is 25.5 Å². The number of hydrogen-bond donors (Lipinski definition) is 2. The fourth-order valence-electron chi connectivity index (χ4n) is 4.64. The maximum absolute atomic E-state index is 15.0. The molecule has 1 saturated heterocycles. The number of aromatic nitrogens is 2. The minimum atomic E-state index is -1.05. The van der Waals surface area contributed by atoms with Gasteiger partial charge in [0.2, 0.25) is 5.91 Å². The Balaban J connectivity index is 1.18. The molecule has 2 N–H and O–H groups in total. The van der Waals surface area contributed by atoms with E-state index in [0.717, 1.165) is 22.7 Å². The number of rotatable bonds is 7. The number of hydrogen-bond acceptors (Lipinski definition) is 7. The molecule has 1 aromatic carbocycles. The third-order valence-corrected chi connectivity index (χ3v) is 7.95. The van der Waals surface area contributed by atoms with Gasteiger partial charge < -0.3 is 15.4 Å². The summed E-state index contributed by atoms with van der Waals surface area (Å²) in [5.41, 5.74) is 1.78. The predicted octanol–water partition coefficient (Wildman–Crippen LogP) is 4.22. The van der Waals surface area contributed by atoms with Crippen molar-refractivity contribution in [3.8, 4) is 5.75 Å². The number of thioether (sulfide) groups is 1. The zero-order chi connectivity index (χ0) is 25.2. The minimum absolute atomic E-state index is 0.0633. The van der Waals surface area contributed by atoms with Crippen LogP contribution in [0.3, 0.4) is 0 Å². The Labute approximate surface area is 217 Å². The van der Waals surface area contributed by atoms with E-state index in [1.54, 1.807) is 6.07 Å². The molecule has 7 nitrogen and oxygen atoms in total. The third-order valence-electron chi connectivity index (χ3n) is 6.57. The molecule has 0 bridgehead atoms. The van der Waals surface area contributed by atoms with Gasteiger partial charge in [0.25, 0.3) is 0 Å². The van der Waals surface area contributed by atoms with E-state index in [1.165, 1.54) is 31.1 Å². The van der Waals surface area contributed by atoms with E-state index in [9.17, 15) is 9.18 Å². The number of halogens is 3. The van der Waals surface area contributed by atoms with Gasteiger partial charge in [-0.25, -0.2) is 13.8 Å². The van der Waals surface area contributed by atoms with Gasteiger partial charge in [0.15, 0.2) is 5.82 Å². The molecule has 2 aliphatic heterocycles. The highest BCUT2D eigenvalue weighted by atomic mass is 35.5. The Hall–Kier alpha value is -2.53. The lowest BCUT2D eigenvalue weighted by Crippen LogP contribution is -2.51. The second-order valence-electron chi connectivity index (χ2n) is 8.92. The van der Waals surface area contributed by atoms with Gasteiger partial charge in [-0.2, -0.15) is 0 Å². The predicted molar refractivity (Wildman–Crippen MR) is 137 cm³/mol. The fraction of sp³-hybridized carbons (Fsp3) is 0.400. The van der Waals surface area contributed by atoms with Crippen molar-refractivity contribution in [3.63, 3.8) is 0 Å². The summed E-state index contributed by atoms with van der Waals surface area (Å²) in [6, 6.07) is 6.59. The van der Waals surface area contributed by atoms with Crippen LogP contribution in [0.25, 0.3) is 10.9 Å². The molecular weight excluding hydrogens is 508 g/mol. The second kappa shape index (κ2) is 10.8. The highest BCUT2D eigenvalue weighted by Gasteiger charge is 2.29. The van der Waals surface area contributed by atoms with E-state index in [4.69, 9.17) is 16.3 Å². The van der Waals surface area contributed by atoms with Gasteiger partial charge in [0, 0.05) is 43.3 Å². The van der Waals surface area contributed by atoms with Crippen LogP contribution in [0.4, 0.5) is 14.6 Å². The molecule has 5 rings (SSSR count). The van der Waals surface area contributed by atoms with Gasteiger partial charge in [-0.3, -0.25) is 14.7 Å². The number of likely N-dealkylation sites (tertiary alicyclic amines) is 1. The van der Waals surface area contributed by atoms with Gasteiger partial charge in [-0.1, -0.05) is 11.6 Å². The SMILES string of the molecule is COc1cc(F)c2ncc(Cl)c(CCN3CC[C@H](NCc4ccc5c(n4)NC(=O)CS5)[C@H](F)C3)c2c1. The standard InChI is InChI=1S/C25H26ClF2N5O2S/c1-35-15-8-17-16(18(26)11-30-24(17)19(27)9-15)4-6-33-7-5-21(20(28)12-33)29-10-14-2-3-22-25(31-14)32-23(34)13-36-22/h2-3,8-9,11,20-21,29H,4-7,10,12-13H2,1H3,(H,31,32,34)/t20-,21+/m1/s1. The van der Waals surface area contributed by atoms with Crippen LogP contribution in [0, 0.1) is 5.82 Å². The van der Waals surface area contributed by atoms with Crippen molar-refractivity contribution in [2.45, 2.75) is 36.5 Å². The van der Waals surface area contributed by atoms with E-state index < -0.39 is 12.0 Å². The Morgan fingerprint density at radius 3 is 3.03 bits per heavy atom. The van der Waals surface area contributed by atoms with Crippen LogP contribution in [-0.4, -0.2) is 65.5 Å². The summed E-state index contributed by atoms with van der Waals surface area (Å²) in [4.78, 5) is 23.3. The van der Waals surface area contributed by atoms with E-state index in [0.29, 0.717) is 60.2 Å². The quantitative estimate of drug-likeness (QED) is 0.471. The Morgan fingerprint density at radius 2 is 2.22 bits per heavy atom. The molecule has 2 aliphatic rings. The zero-order valence-electron chi connectivity index (χ0n) is 19.7. The maximum Gasteiger partial charge on any atom is 0.235 e. The van der Waals surface area contributed by atoms with Gasteiger partial charge in [0.1, 0.15) is 23.3 Å². The molecule has 0 unspecified atom stereocenters. The molecule has 0 radical (unpaired) electrons. The van der Waals surface area contributed by atoms with Crippen molar-refractivity contribution in [1.29, 1.82) is 0 Å². The Bertz CT molecular complexity index is 1300. The summed E-state index contributed by atoms with van der Waals surface area (Å²) in [6.07, 6.45) is 1.60. The number of fused-ring (bicyclic) bond motifs is 2. The van der Waals surface area contributed by atoms with Crippen LogP contribution in [0.5, 0.6) is 5.75 Å². The normalized spacial score (nSPS) is 20.3. The summed E-state index contributed by atoms with van der Waals surface area (Å²) < 4.78 is 34.7. The van der Waals surface area contributed by atoms with E-state index in [-0.39, 0.29) is 17.5 Å². The van der Waals surface area contributed by atoms with Crippen molar-refractivity contribution < 1.29 is 18.3 Å². The first kappa shape index (κ1) is 25.1. The molecule has 0 spiro atoms.